The maximum atomic E-state index is 9.67. The van der Waals surface area contributed by atoms with Crippen LogP contribution in [0.5, 0.6) is 0 Å². The topological polar surface area (TPSA) is 58.5 Å². The van der Waals surface area contributed by atoms with Gasteiger partial charge in [-0.2, -0.15) is 0 Å². The van der Waals surface area contributed by atoms with Crippen molar-refractivity contribution < 1.29 is 14.5 Å². The van der Waals surface area contributed by atoms with Crippen molar-refractivity contribution in [2.24, 2.45) is 0 Å². The lowest BCUT2D eigenvalue weighted by atomic mass is 9.79. The van der Waals surface area contributed by atoms with Crippen molar-refractivity contribution in [2.75, 3.05) is 0 Å². The van der Waals surface area contributed by atoms with Gasteiger partial charge < -0.3 is 19.0 Å². The van der Waals surface area contributed by atoms with E-state index in [1.165, 1.54) is 0 Å². The van der Waals surface area contributed by atoms with E-state index in [1.54, 1.807) is 6.07 Å². The molecule has 2 heterocycles. The molecule has 3 aromatic carbocycles. The van der Waals surface area contributed by atoms with Crippen LogP contribution in [0, 0.1) is 0 Å². The van der Waals surface area contributed by atoms with Crippen molar-refractivity contribution in [1.82, 2.24) is 4.57 Å². The number of hydrogen-bond acceptors (Lipinski definition) is 3. The molecule has 0 aliphatic rings. The van der Waals surface area contributed by atoms with E-state index >= 15 is 0 Å². The van der Waals surface area contributed by atoms with Gasteiger partial charge in [0.15, 0.2) is 5.58 Å². The van der Waals surface area contributed by atoms with Gasteiger partial charge in [0.1, 0.15) is 5.58 Å². The summed E-state index contributed by atoms with van der Waals surface area (Å²) in [7, 11) is -1.53. The quantitative estimate of drug-likeness (QED) is 0.428. The smallest absolute Gasteiger partial charge is 0.454 e. The molecule has 0 saturated heterocycles. The Kier molecular flexibility index (Phi) is 4.35. The summed E-state index contributed by atoms with van der Waals surface area (Å²) < 4.78 is 8.39. The van der Waals surface area contributed by atoms with Crippen LogP contribution in [0.25, 0.3) is 50.7 Å². The molecule has 0 fully saturated rings. The molecule has 5 rings (SSSR count). The highest BCUT2D eigenvalue weighted by Gasteiger charge is 2.21. The zero-order chi connectivity index (χ0) is 20.8. The molecule has 0 amide bonds. The van der Waals surface area contributed by atoms with Gasteiger partial charge in [-0.1, -0.05) is 61.2 Å². The fourth-order valence-electron chi connectivity index (χ4n) is 4.22. The van der Waals surface area contributed by atoms with Gasteiger partial charge in [-0.25, -0.2) is 0 Å². The van der Waals surface area contributed by atoms with E-state index in [1.807, 2.05) is 67.6 Å². The number of rotatable bonds is 4. The van der Waals surface area contributed by atoms with E-state index in [0.29, 0.717) is 5.46 Å². The minimum Gasteiger partial charge on any atom is -0.454 e. The fraction of sp³-hybridized carbons (Fsp3) is 0.0400. The summed E-state index contributed by atoms with van der Waals surface area (Å²) in [5.41, 5.74) is 5.83. The first-order chi connectivity index (χ1) is 14.6. The van der Waals surface area contributed by atoms with Gasteiger partial charge in [0.2, 0.25) is 0 Å². The summed E-state index contributed by atoms with van der Waals surface area (Å²) in [4.78, 5) is 0. The molecule has 0 bridgehead atoms. The third kappa shape index (κ3) is 2.64. The molecular weight excluding hydrogens is 373 g/mol. The highest BCUT2D eigenvalue weighted by atomic mass is 16.4. The molecule has 0 radical (unpaired) electrons. The zero-order valence-corrected chi connectivity index (χ0v) is 16.5. The van der Waals surface area contributed by atoms with E-state index in [0.717, 1.165) is 49.8 Å². The molecule has 2 aromatic heterocycles. The van der Waals surface area contributed by atoms with Gasteiger partial charge >= 0.3 is 7.12 Å². The number of aromatic nitrogens is 1. The fourth-order valence-corrected chi connectivity index (χ4v) is 4.22. The lowest BCUT2D eigenvalue weighted by Crippen LogP contribution is -2.29. The molecule has 0 spiro atoms. The SMILES string of the molecule is C=Cc1c(/C=C\C)c2cc(B(O)O)ccc2n1-c1cccc2c1oc1ccccc12. The van der Waals surface area contributed by atoms with E-state index < -0.39 is 7.12 Å². The Balaban J connectivity index is 1.93. The predicted molar refractivity (Wildman–Crippen MR) is 125 cm³/mol. The Morgan fingerprint density at radius 2 is 1.77 bits per heavy atom. The highest BCUT2D eigenvalue weighted by molar-refractivity contribution is 6.59. The summed E-state index contributed by atoms with van der Waals surface area (Å²) in [5.74, 6) is 0. The first-order valence-electron chi connectivity index (χ1n) is 9.84. The lowest BCUT2D eigenvalue weighted by Gasteiger charge is -2.10. The van der Waals surface area contributed by atoms with Crippen molar-refractivity contribution in [3.63, 3.8) is 0 Å². The third-order valence-electron chi connectivity index (χ3n) is 5.52. The van der Waals surface area contributed by atoms with E-state index in [-0.39, 0.29) is 0 Å². The normalized spacial score (nSPS) is 11.8. The number of furan rings is 1. The summed E-state index contributed by atoms with van der Waals surface area (Å²) >= 11 is 0. The number of nitrogens with zero attached hydrogens (tertiary/aromatic N) is 1. The Hall–Kier alpha value is -3.54. The molecule has 30 heavy (non-hydrogen) atoms. The Labute approximate surface area is 174 Å². The Morgan fingerprint density at radius 1 is 0.967 bits per heavy atom. The third-order valence-corrected chi connectivity index (χ3v) is 5.52. The van der Waals surface area contributed by atoms with Gasteiger partial charge in [-0.05, 0) is 36.7 Å². The minimum atomic E-state index is -1.53. The standard InChI is InChI=1S/C25H20BNO3/c1-3-8-17-20-15-16(26(28)29)13-14-22(20)27(21(17)4-2)23-11-7-10-19-18-9-5-6-12-24(18)30-25(19)23/h3-15,28-29H,2H2,1H3/b8-3-. The van der Waals surface area contributed by atoms with Gasteiger partial charge in [0.25, 0.3) is 0 Å². The Morgan fingerprint density at radius 3 is 2.53 bits per heavy atom. The van der Waals surface area contributed by atoms with Crippen LogP contribution in [-0.2, 0) is 0 Å². The van der Waals surface area contributed by atoms with Crippen molar-refractivity contribution in [3.8, 4) is 5.69 Å². The van der Waals surface area contributed by atoms with Crippen molar-refractivity contribution in [2.45, 2.75) is 6.92 Å². The second-order valence-corrected chi connectivity index (χ2v) is 7.24. The van der Waals surface area contributed by atoms with Crippen molar-refractivity contribution in [3.05, 3.63) is 84.6 Å². The summed E-state index contributed by atoms with van der Waals surface area (Å²) in [5, 5.41) is 22.4. The van der Waals surface area contributed by atoms with E-state index in [4.69, 9.17) is 4.42 Å². The van der Waals surface area contributed by atoms with Crippen LogP contribution < -0.4 is 5.46 Å². The molecule has 146 valence electrons. The zero-order valence-electron chi connectivity index (χ0n) is 16.5. The van der Waals surface area contributed by atoms with Gasteiger partial charge in [0, 0.05) is 21.7 Å². The molecule has 0 aliphatic heterocycles. The summed E-state index contributed by atoms with van der Waals surface area (Å²) in [6.07, 6.45) is 5.81. The molecule has 2 N–H and O–H groups in total. The van der Waals surface area contributed by atoms with Crippen LogP contribution in [0.4, 0.5) is 0 Å². The molecular formula is C25H20BNO3. The average molecular weight is 393 g/mol. The van der Waals surface area contributed by atoms with Gasteiger partial charge in [0.05, 0.1) is 16.9 Å². The molecule has 5 aromatic rings. The maximum absolute atomic E-state index is 9.67. The number of hydrogen-bond donors (Lipinski definition) is 2. The first kappa shape index (κ1) is 18.5. The number of allylic oxidation sites excluding steroid dienone is 1. The summed E-state index contributed by atoms with van der Waals surface area (Å²) in [6, 6.07) is 19.6. The number of fused-ring (bicyclic) bond motifs is 4. The highest BCUT2D eigenvalue weighted by Crippen LogP contribution is 2.37. The average Bonchev–Trinajstić information content (AvgIpc) is 3.29. The second-order valence-electron chi connectivity index (χ2n) is 7.24. The maximum Gasteiger partial charge on any atom is 0.488 e. The van der Waals surface area contributed by atoms with Crippen LogP contribution in [0.3, 0.4) is 0 Å². The molecule has 0 aliphatic carbocycles. The van der Waals surface area contributed by atoms with Gasteiger partial charge in [-0.3, -0.25) is 0 Å². The van der Waals surface area contributed by atoms with Crippen molar-refractivity contribution >= 4 is 57.6 Å². The van der Waals surface area contributed by atoms with Crippen LogP contribution in [-0.4, -0.2) is 21.7 Å². The molecule has 0 atom stereocenters. The van der Waals surface area contributed by atoms with Crippen LogP contribution in [0.2, 0.25) is 0 Å². The molecule has 4 nitrogen and oxygen atoms in total. The predicted octanol–water partition coefficient (Wildman–Crippen LogP) is 4.89. The molecule has 5 heteroatoms. The van der Waals surface area contributed by atoms with Crippen LogP contribution in [0.1, 0.15) is 18.2 Å². The molecule has 0 saturated carbocycles. The lowest BCUT2D eigenvalue weighted by molar-refractivity contribution is 0.426. The van der Waals surface area contributed by atoms with Crippen LogP contribution in [0.15, 0.2) is 77.7 Å². The van der Waals surface area contributed by atoms with E-state index in [9.17, 15) is 10.0 Å². The number of para-hydroxylation sites is 2. The van der Waals surface area contributed by atoms with E-state index in [2.05, 4.69) is 23.3 Å². The van der Waals surface area contributed by atoms with Crippen LogP contribution >= 0.6 is 0 Å². The Bertz CT molecular complexity index is 1460. The summed E-state index contributed by atoms with van der Waals surface area (Å²) in [6.45, 7) is 6.01. The van der Waals surface area contributed by atoms with Gasteiger partial charge in [-0.15, -0.1) is 0 Å². The molecule has 0 unspecified atom stereocenters. The first-order valence-corrected chi connectivity index (χ1v) is 9.84. The number of benzene rings is 3. The minimum absolute atomic E-state index is 0.447. The van der Waals surface area contributed by atoms with Crippen molar-refractivity contribution in [1.29, 1.82) is 0 Å². The monoisotopic (exact) mass is 393 g/mol. The largest absolute Gasteiger partial charge is 0.488 e. The second kappa shape index (κ2) is 7.06.